The number of rotatable bonds is 20. The van der Waals surface area contributed by atoms with Crippen molar-refractivity contribution < 1.29 is 38.9 Å². The third-order valence-electron chi connectivity index (χ3n) is 13.0. The fourth-order valence-corrected chi connectivity index (χ4v) is 10.2. The predicted octanol–water partition coefficient (Wildman–Crippen LogP) is 9.54. The van der Waals surface area contributed by atoms with Gasteiger partial charge in [-0.3, -0.25) is 9.59 Å². The highest BCUT2D eigenvalue weighted by Crippen LogP contribution is 2.62. The molecule has 8 rings (SSSR count). The van der Waals surface area contributed by atoms with Crippen LogP contribution >= 0.6 is 0 Å². The van der Waals surface area contributed by atoms with Crippen LogP contribution in [0.25, 0.3) is 10.8 Å². The molecule has 0 bridgehead atoms. The number of nitrogens with zero attached hydrogens (tertiary/aromatic N) is 2. The maximum absolute atomic E-state index is 15.0. The van der Waals surface area contributed by atoms with E-state index in [9.17, 15) is 19.8 Å². The molecule has 3 aliphatic carbocycles. The lowest BCUT2D eigenvalue weighted by Crippen LogP contribution is -2.70. The van der Waals surface area contributed by atoms with Crippen molar-refractivity contribution in [2.24, 2.45) is 28.8 Å². The molecule has 2 saturated carbocycles. The second-order valence-corrected chi connectivity index (χ2v) is 16.9. The Bertz CT molecular complexity index is 2260. The van der Waals surface area contributed by atoms with Crippen LogP contribution in [0.2, 0.25) is 0 Å². The van der Waals surface area contributed by atoms with Crippen LogP contribution in [-0.2, 0) is 20.9 Å². The number of oxime groups is 1. The van der Waals surface area contributed by atoms with Gasteiger partial charge >= 0.3 is 0 Å². The number of hydrogen-bond donors (Lipinski definition) is 2. The van der Waals surface area contributed by atoms with E-state index in [1.165, 1.54) is 0 Å². The van der Waals surface area contributed by atoms with Crippen LogP contribution < -0.4 is 9.47 Å². The third kappa shape index (κ3) is 8.76. The monoisotopic (exact) mass is 826 g/mol. The molecule has 6 unspecified atom stereocenters. The molecule has 10 nitrogen and oxygen atoms in total. The van der Waals surface area contributed by atoms with Gasteiger partial charge in [0.2, 0.25) is 11.7 Å². The standard InChI is InChI=1S/C51H58N2O8/c1-3-27-58-51-47(53(50(57)36-21-22-36)32-38-17-12-16-35-14-5-6-19-41(35)38)31-45(52-59-4-2)43-29-37(15-7-9-25-54)42(20-8-10-26-55)48(49(43)51)44-30-40(23-24-46(44)61-51)60-39-18-11-13-34(28-39)33-56/h3,5-6,11-14,16-19,23-24,28-30,33,36-37,42,47-49,54-55H,1,4,7-10,15,20-22,25-27,31-32H2,2H3. The first-order chi connectivity index (χ1) is 29.9. The van der Waals surface area contributed by atoms with Gasteiger partial charge in [0, 0.05) is 49.1 Å². The molecule has 6 atom stereocenters. The highest BCUT2D eigenvalue weighted by atomic mass is 16.7. The summed E-state index contributed by atoms with van der Waals surface area (Å²) >= 11 is 0. The first-order valence-corrected chi connectivity index (χ1v) is 22.1. The van der Waals surface area contributed by atoms with E-state index in [1.54, 1.807) is 24.3 Å². The van der Waals surface area contributed by atoms with Gasteiger partial charge in [0.15, 0.2) is 0 Å². The van der Waals surface area contributed by atoms with Gasteiger partial charge < -0.3 is 34.2 Å². The quantitative estimate of drug-likeness (QED) is 0.0391. The number of hydrogen-bond acceptors (Lipinski definition) is 9. The Hall–Kier alpha value is -5.29. The van der Waals surface area contributed by atoms with Gasteiger partial charge in [0.25, 0.3) is 0 Å². The fraction of sp³-hybridized carbons (Fsp3) is 0.431. The number of benzene rings is 4. The van der Waals surface area contributed by atoms with E-state index in [-0.39, 0.29) is 49.4 Å². The number of carbonyl (C=O) groups is 2. The highest BCUT2D eigenvalue weighted by Gasteiger charge is 2.66. The summed E-state index contributed by atoms with van der Waals surface area (Å²) in [6.07, 6.45) is 11.6. The SMILES string of the molecule is C=CCOC12Oc3ccc(Oc4cccc(C=O)c4)cc3C3C(CCCCO)C(CCCCO)C=C(C(=NOCC)CC1N(Cc1cccc4ccccc14)C(=O)C1CC1)C32. The van der Waals surface area contributed by atoms with E-state index in [1.807, 2.05) is 42.2 Å². The molecule has 320 valence electrons. The van der Waals surface area contributed by atoms with Gasteiger partial charge in [-0.15, -0.1) is 6.58 Å². The number of ether oxygens (including phenoxy) is 3. The van der Waals surface area contributed by atoms with Crippen molar-refractivity contribution in [3.63, 3.8) is 0 Å². The molecule has 2 N–H and O–H groups in total. The van der Waals surface area contributed by atoms with Crippen LogP contribution in [0.5, 0.6) is 17.2 Å². The van der Waals surface area contributed by atoms with E-state index in [0.29, 0.717) is 55.2 Å². The molecule has 1 amide bonds. The van der Waals surface area contributed by atoms with E-state index in [4.69, 9.17) is 24.2 Å². The Labute approximate surface area is 358 Å². The van der Waals surface area contributed by atoms with Crippen molar-refractivity contribution in [3.05, 3.63) is 126 Å². The summed E-state index contributed by atoms with van der Waals surface area (Å²) in [6.45, 7) is 7.13. The summed E-state index contributed by atoms with van der Waals surface area (Å²) in [6, 6.07) is 26.9. The van der Waals surface area contributed by atoms with Crippen LogP contribution in [0, 0.1) is 23.7 Å². The Balaban J connectivity index is 1.34. The highest BCUT2D eigenvalue weighted by molar-refractivity contribution is 6.03. The molecular weight excluding hydrogens is 769 g/mol. The molecule has 0 aromatic heterocycles. The first kappa shape index (κ1) is 42.4. The normalized spacial score (nSPS) is 24.5. The lowest BCUT2D eigenvalue weighted by molar-refractivity contribution is -0.258. The van der Waals surface area contributed by atoms with Crippen LogP contribution in [-0.4, -0.2) is 71.3 Å². The van der Waals surface area contributed by atoms with Crippen LogP contribution in [0.3, 0.4) is 0 Å². The summed E-state index contributed by atoms with van der Waals surface area (Å²) in [5.41, 5.74) is 4.29. The van der Waals surface area contributed by atoms with Crippen molar-refractivity contribution in [3.8, 4) is 17.2 Å². The summed E-state index contributed by atoms with van der Waals surface area (Å²) in [5.74, 6) is -0.0266. The minimum atomic E-state index is -1.36. The minimum Gasteiger partial charge on any atom is -0.459 e. The number of allylic oxidation sites excluding steroid dienone is 1. The Morgan fingerprint density at radius 3 is 2.49 bits per heavy atom. The van der Waals surface area contributed by atoms with Gasteiger partial charge in [-0.2, -0.15) is 0 Å². The maximum Gasteiger partial charge on any atom is 0.239 e. The van der Waals surface area contributed by atoms with Gasteiger partial charge in [-0.05, 0) is 110 Å². The van der Waals surface area contributed by atoms with Crippen LogP contribution in [0.1, 0.15) is 92.1 Å². The van der Waals surface area contributed by atoms with Gasteiger partial charge in [-0.1, -0.05) is 84.7 Å². The van der Waals surface area contributed by atoms with Crippen LogP contribution in [0.4, 0.5) is 0 Å². The molecule has 0 spiro atoms. The Kier molecular flexibility index (Phi) is 13.3. The molecule has 2 fully saturated rings. The molecule has 1 aliphatic heterocycles. The summed E-state index contributed by atoms with van der Waals surface area (Å²) in [5, 5.41) is 27.0. The van der Waals surface area contributed by atoms with E-state index >= 15 is 0 Å². The zero-order chi connectivity index (χ0) is 42.3. The van der Waals surface area contributed by atoms with Crippen molar-refractivity contribution in [2.75, 3.05) is 26.4 Å². The fourth-order valence-electron chi connectivity index (χ4n) is 10.2. The van der Waals surface area contributed by atoms with Crippen molar-refractivity contribution in [1.29, 1.82) is 0 Å². The van der Waals surface area contributed by atoms with Crippen molar-refractivity contribution in [2.45, 2.75) is 89.0 Å². The van der Waals surface area contributed by atoms with Gasteiger partial charge in [-0.25, -0.2) is 0 Å². The van der Waals surface area contributed by atoms with E-state index in [2.05, 4.69) is 49.1 Å². The van der Waals surface area contributed by atoms with Gasteiger partial charge in [0.05, 0.1) is 18.2 Å². The topological polar surface area (TPSA) is 127 Å². The number of amides is 1. The lowest BCUT2D eigenvalue weighted by Gasteiger charge is -2.60. The number of aliphatic hydroxyl groups excluding tert-OH is 2. The maximum atomic E-state index is 15.0. The number of unbranched alkanes of at least 4 members (excludes halogenated alkanes) is 2. The van der Waals surface area contributed by atoms with Crippen molar-refractivity contribution in [1.82, 2.24) is 4.90 Å². The first-order valence-electron chi connectivity index (χ1n) is 22.1. The Morgan fingerprint density at radius 1 is 0.951 bits per heavy atom. The predicted molar refractivity (Wildman–Crippen MR) is 236 cm³/mol. The summed E-state index contributed by atoms with van der Waals surface area (Å²) < 4.78 is 21.1. The molecule has 61 heavy (non-hydrogen) atoms. The number of aliphatic hydroxyl groups is 2. The molecule has 4 aliphatic rings. The molecule has 4 aromatic carbocycles. The summed E-state index contributed by atoms with van der Waals surface area (Å²) in [4.78, 5) is 34.6. The van der Waals surface area contributed by atoms with Gasteiger partial charge in [0.1, 0.15) is 36.2 Å². The van der Waals surface area contributed by atoms with Crippen molar-refractivity contribution >= 4 is 28.7 Å². The Morgan fingerprint density at radius 2 is 1.72 bits per heavy atom. The third-order valence-corrected chi connectivity index (χ3v) is 13.0. The minimum absolute atomic E-state index is 0.0692. The molecule has 4 aromatic rings. The summed E-state index contributed by atoms with van der Waals surface area (Å²) in [7, 11) is 0. The lowest BCUT2D eigenvalue weighted by atomic mass is 9.55. The van der Waals surface area contributed by atoms with E-state index in [0.717, 1.165) is 78.0 Å². The number of aldehydes is 1. The zero-order valence-electron chi connectivity index (χ0n) is 35.1. The van der Waals surface area contributed by atoms with E-state index < -0.39 is 17.7 Å². The molecule has 1 heterocycles. The largest absolute Gasteiger partial charge is 0.459 e. The second kappa shape index (κ2) is 19.2. The van der Waals surface area contributed by atoms with Crippen LogP contribution in [0.15, 0.2) is 114 Å². The average molecular weight is 827 g/mol. The molecule has 0 radical (unpaired) electrons. The molecule has 0 saturated heterocycles. The second-order valence-electron chi connectivity index (χ2n) is 16.9. The number of fused-ring (bicyclic) bond motifs is 3. The molecule has 10 heteroatoms. The average Bonchev–Trinajstić information content (AvgIpc) is 4.14. The smallest absolute Gasteiger partial charge is 0.239 e. The zero-order valence-corrected chi connectivity index (χ0v) is 35.1. The number of carbonyl (C=O) groups excluding carboxylic acids is 2. The molecular formula is C51H58N2O8.